The maximum atomic E-state index is 13.4. The number of fused-ring (bicyclic) bond motifs is 1. The second-order valence-corrected chi connectivity index (χ2v) is 10.3. The van der Waals surface area contributed by atoms with Gasteiger partial charge in [0.15, 0.2) is 11.5 Å². The predicted molar refractivity (Wildman–Crippen MR) is 138 cm³/mol. The number of aliphatic hydroxyl groups is 1. The Morgan fingerprint density at radius 1 is 1.09 bits per heavy atom. The highest BCUT2D eigenvalue weighted by Crippen LogP contribution is 2.41. The number of carbonyl (C=O) groups excluding carboxylic acids is 1. The van der Waals surface area contributed by atoms with Gasteiger partial charge in [-0.2, -0.15) is 0 Å². The normalized spacial score (nSPS) is 14.0. The minimum Gasteiger partial charge on any atom is -0.486 e. The van der Waals surface area contributed by atoms with Gasteiger partial charge in [-0.1, -0.05) is 71.2 Å². The highest BCUT2D eigenvalue weighted by molar-refractivity contribution is 5.92. The fourth-order valence-corrected chi connectivity index (χ4v) is 4.64. The number of hydrogen-bond acceptors (Lipinski definition) is 4. The number of para-hydroxylation sites is 1. The second-order valence-electron chi connectivity index (χ2n) is 10.3. The molecule has 0 bridgehead atoms. The summed E-state index contributed by atoms with van der Waals surface area (Å²) in [6, 6.07) is 12.3. The van der Waals surface area contributed by atoms with Gasteiger partial charge in [0.25, 0.3) is 0 Å². The van der Waals surface area contributed by atoms with E-state index in [1.165, 1.54) is 0 Å². The summed E-state index contributed by atoms with van der Waals surface area (Å²) in [6.07, 6.45) is 6.19. The van der Waals surface area contributed by atoms with Gasteiger partial charge in [0.1, 0.15) is 13.2 Å². The predicted octanol–water partition coefficient (Wildman–Crippen LogP) is 6.37. The average molecular weight is 468 g/mol. The Morgan fingerprint density at radius 2 is 1.88 bits per heavy atom. The third-order valence-corrected chi connectivity index (χ3v) is 6.41. The molecule has 0 saturated heterocycles. The molecule has 34 heavy (non-hydrogen) atoms. The molecule has 3 rings (SSSR count). The Bertz CT molecular complexity index is 948. The Morgan fingerprint density at radius 3 is 2.62 bits per heavy atom. The largest absolute Gasteiger partial charge is 0.486 e. The number of ether oxygens (including phenoxy) is 2. The summed E-state index contributed by atoms with van der Waals surface area (Å²) >= 11 is 0. The topological polar surface area (TPSA) is 67.8 Å². The molecule has 5 heteroatoms. The molecule has 0 spiro atoms. The standard InChI is InChI=1S/C29H41NO4/c1-5-6-7-11-22(23-12-8-13-26-28(23)34-18-17-33-26)20-27(32)30-25-19-21(10-9-16-31)14-15-24(25)29(2,3)4/h8,12-15,19,22,31H,5-7,9-11,16-18,20H2,1-4H3,(H,30,32). The molecule has 2 aromatic carbocycles. The van der Waals surface area contributed by atoms with E-state index in [1.54, 1.807) is 0 Å². The van der Waals surface area contributed by atoms with Crippen molar-refractivity contribution in [2.75, 3.05) is 25.1 Å². The SMILES string of the molecule is CCCCCC(CC(=O)Nc1cc(CCCO)ccc1C(C)(C)C)c1cccc2c1OCCO2. The van der Waals surface area contributed by atoms with Crippen molar-refractivity contribution in [2.24, 2.45) is 0 Å². The number of aliphatic hydroxyl groups excluding tert-OH is 1. The van der Waals surface area contributed by atoms with Gasteiger partial charge >= 0.3 is 0 Å². The van der Waals surface area contributed by atoms with Crippen molar-refractivity contribution < 1.29 is 19.4 Å². The number of aryl methyl sites for hydroxylation is 1. The lowest BCUT2D eigenvalue weighted by molar-refractivity contribution is -0.116. The molecule has 2 aromatic rings. The van der Waals surface area contributed by atoms with E-state index in [2.05, 4.69) is 57.3 Å². The Kier molecular flexibility index (Phi) is 9.40. The first-order chi connectivity index (χ1) is 16.3. The van der Waals surface area contributed by atoms with Gasteiger partial charge in [0.05, 0.1) is 0 Å². The van der Waals surface area contributed by atoms with Gasteiger partial charge < -0.3 is 19.9 Å². The third-order valence-electron chi connectivity index (χ3n) is 6.41. The van der Waals surface area contributed by atoms with E-state index in [4.69, 9.17) is 9.47 Å². The zero-order valence-corrected chi connectivity index (χ0v) is 21.3. The first-order valence-electron chi connectivity index (χ1n) is 12.8. The van der Waals surface area contributed by atoms with E-state index in [1.807, 2.05) is 12.1 Å². The molecular weight excluding hydrogens is 426 g/mol. The summed E-state index contributed by atoms with van der Waals surface area (Å²) in [6.45, 7) is 9.93. The highest BCUT2D eigenvalue weighted by Gasteiger charge is 2.25. The number of hydrogen-bond donors (Lipinski definition) is 2. The van der Waals surface area contributed by atoms with Crippen molar-refractivity contribution in [2.45, 2.75) is 84.0 Å². The van der Waals surface area contributed by atoms with Crippen molar-refractivity contribution in [3.05, 3.63) is 53.1 Å². The average Bonchev–Trinajstić information content (AvgIpc) is 2.81. The van der Waals surface area contributed by atoms with Crippen LogP contribution in [0, 0.1) is 0 Å². The minimum atomic E-state index is -0.0949. The van der Waals surface area contributed by atoms with Gasteiger partial charge in [0, 0.05) is 24.3 Å². The van der Waals surface area contributed by atoms with Crippen LogP contribution in [0.5, 0.6) is 11.5 Å². The molecule has 0 radical (unpaired) electrons. The summed E-state index contributed by atoms with van der Waals surface area (Å²) in [4.78, 5) is 13.4. The van der Waals surface area contributed by atoms with Crippen molar-refractivity contribution in [1.29, 1.82) is 0 Å². The molecule has 5 nitrogen and oxygen atoms in total. The molecule has 1 amide bonds. The molecule has 0 saturated carbocycles. The summed E-state index contributed by atoms with van der Waals surface area (Å²) in [5.74, 6) is 1.65. The molecule has 1 aliphatic heterocycles. The number of amides is 1. The van der Waals surface area contributed by atoms with Gasteiger partial charge in [-0.3, -0.25) is 4.79 Å². The number of nitrogens with one attached hydrogen (secondary N) is 1. The minimum absolute atomic E-state index is 0.0145. The Hall–Kier alpha value is -2.53. The Labute approximate surface area is 204 Å². The van der Waals surface area contributed by atoms with Crippen molar-refractivity contribution in [3.63, 3.8) is 0 Å². The summed E-state index contributed by atoms with van der Waals surface area (Å²) in [7, 11) is 0. The van der Waals surface area contributed by atoms with Crippen LogP contribution < -0.4 is 14.8 Å². The molecule has 0 fully saturated rings. The van der Waals surface area contributed by atoms with Crippen LogP contribution in [0.15, 0.2) is 36.4 Å². The molecule has 1 heterocycles. The molecule has 2 N–H and O–H groups in total. The second kappa shape index (κ2) is 12.3. The lowest BCUT2D eigenvalue weighted by Gasteiger charge is -2.26. The smallest absolute Gasteiger partial charge is 0.224 e. The molecule has 0 aromatic heterocycles. The molecule has 1 unspecified atom stereocenters. The molecule has 186 valence electrons. The maximum absolute atomic E-state index is 13.4. The summed E-state index contributed by atoms with van der Waals surface area (Å²) < 4.78 is 11.8. The molecular formula is C29H41NO4. The third kappa shape index (κ3) is 6.99. The van der Waals surface area contributed by atoms with Crippen LogP contribution in [-0.4, -0.2) is 30.8 Å². The van der Waals surface area contributed by atoms with E-state index >= 15 is 0 Å². The van der Waals surface area contributed by atoms with Crippen molar-refractivity contribution in [3.8, 4) is 11.5 Å². The number of carbonyl (C=O) groups is 1. The maximum Gasteiger partial charge on any atom is 0.224 e. The van der Waals surface area contributed by atoms with Crippen LogP contribution in [-0.2, 0) is 16.6 Å². The number of rotatable bonds is 11. The quantitative estimate of drug-likeness (QED) is 0.377. The van der Waals surface area contributed by atoms with E-state index in [0.717, 1.165) is 66.0 Å². The van der Waals surface area contributed by atoms with Gasteiger partial charge in [-0.05, 0) is 53.9 Å². The van der Waals surface area contributed by atoms with E-state index in [0.29, 0.717) is 26.1 Å². The lowest BCUT2D eigenvalue weighted by Crippen LogP contribution is -2.22. The van der Waals surface area contributed by atoms with Crippen LogP contribution in [0.1, 0.15) is 88.8 Å². The highest BCUT2D eigenvalue weighted by atomic mass is 16.6. The summed E-state index contributed by atoms with van der Waals surface area (Å²) in [5.41, 5.74) is 4.08. The van der Waals surface area contributed by atoms with Crippen LogP contribution in [0.25, 0.3) is 0 Å². The Balaban J connectivity index is 1.83. The molecule has 0 aliphatic carbocycles. The van der Waals surface area contributed by atoms with Gasteiger partial charge in [-0.15, -0.1) is 0 Å². The van der Waals surface area contributed by atoms with Crippen LogP contribution >= 0.6 is 0 Å². The zero-order valence-electron chi connectivity index (χ0n) is 21.3. The number of unbranched alkanes of at least 4 members (excludes halogenated alkanes) is 2. The molecule has 1 atom stereocenters. The van der Waals surface area contributed by atoms with Gasteiger partial charge in [0.2, 0.25) is 5.91 Å². The van der Waals surface area contributed by atoms with E-state index in [-0.39, 0.29) is 23.8 Å². The lowest BCUT2D eigenvalue weighted by atomic mass is 9.84. The first-order valence-corrected chi connectivity index (χ1v) is 12.8. The fourth-order valence-electron chi connectivity index (χ4n) is 4.64. The fraction of sp³-hybridized carbons (Fsp3) is 0.552. The van der Waals surface area contributed by atoms with Crippen LogP contribution in [0.2, 0.25) is 0 Å². The van der Waals surface area contributed by atoms with E-state index in [9.17, 15) is 9.90 Å². The summed E-state index contributed by atoms with van der Waals surface area (Å²) in [5, 5.41) is 12.4. The van der Waals surface area contributed by atoms with Crippen molar-refractivity contribution in [1.82, 2.24) is 0 Å². The zero-order chi connectivity index (χ0) is 24.6. The first kappa shape index (κ1) is 26.1. The number of benzene rings is 2. The van der Waals surface area contributed by atoms with Crippen LogP contribution in [0.3, 0.4) is 0 Å². The number of anilines is 1. The van der Waals surface area contributed by atoms with Crippen LogP contribution in [0.4, 0.5) is 5.69 Å². The monoisotopic (exact) mass is 467 g/mol. The van der Waals surface area contributed by atoms with E-state index < -0.39 is 0 Å². The van der Waals surface area contributed by atoms with Crippen molar-refractivity contribution >= 4 is 11.6 Å². The van der Waals surface area contributed by atoms with Gasteiger partial charge in [-0.25, -0.2) is 0 Å². The molecule has 1 aliphatic rings.